The zero-order valence-electron chi connectivity index (χ0n) is 13.2. The van der Waals surface area contributed by atoms with E-state index >= 15 is 0 Å². The number of hydrogen-bond donors (Lipinski definition) is 1. The maximum absolute atomic E-state index is 11.6. The van der Waals surface area contributed by atoms with Gasteiger partial charge < -0.3 is 15.0 Å². The van der Waals surface area contributed by atoms with E-state index in [0.717, 1.165) is 56.2 Å². The first-order chi connectivity index (χ1) is 10.7. The molecule has 2 heterocycles. The zero-order valence-corrected chi connectivity index (χ0v) is 13.2. The summed E-state index contributed by atoms with van der Waals surface area (Å²) in [5.41, 5.74) is 2.95. The third kappa shape index (κ3) is 4.29. The Labute approximate surface area is 132 Å². The average Bonchev–Trinajstić information content (AvgIpc) is 2.57. The lowest BCUT2D eigenvalue weighted by molar-refractivity contribution is 0.101. The molecule has 2 aliphatic heterocycles. The number of carbonyl (C=O) groups is 1. The summed E-state index contributed by atoms with van der Waals surface area (Å²) in [6.07, 6.45) is 6.04. The SMILES string of the molecule is C1COCCN1.C=CCN1CC=Cc2cccc(C(C)=O)c21. The summed E-state index contributed by atoms with van der Waals surface area (Å²) in [6.45, 7) is 10.8. The van der Waals surface area contributed by atoms with Crippen molar-refractivity contribution in [2.75, 3.05) is 44.3 Å². The van der Waals surface area contributed by atoms with E-state index in [2.05, 4.69) is 28.9 Å². The summed E-state index contributed by atoms with van der Waals surface area (Å²) in [4.78, 5) is 13.8. The second-order valence-electron chi connectivity index (χ2n) is 5.26. The van der Waals surface area contributed by atoms with Gasteiger partial charge >= 0.3 is 0 Å². The summed E-state index contributed by atoms with van der Waals surface area (Å²) < 4.78 is 5.01. The molecular formula is C18H24N2O2. The highest BCUT2D eigenvalue weighted by molar-refractivity contribution is 6.02. The summed E-state index contributed by atoms with van der Waals surface area (Å²) in [5.74, 6) is 0.112. The molecule has 118 valence electrons. The van der Waals surface area contributed by atoms with Crippen LogP contribution in [0.4, 0.5) is 5.69 Å². The van der Waals surface area contributed by atoms with Crippen LogP contribution in [0, 0.1) is 0 Å². The number of para-hydroxylation sites is 1. The number of hydrogen-bond acceptors (Lipinski definition) is 4. The smallest absolute Gasteiger partial charge is 0.161 e. The van der Waals surface area contributed by atoms with Gasteiger partial charge in [-0.25, -0.2) is 0 Å². The largest absolute Gasteiger partial charge is 0.379 e. The van der Waals surface area contributed by atoms with Gasteiger partial charge in [0.2, 0.25) is 0 Å². The van der Waals surface area contributed by atoms with Crippen LogP contribution in [-0.4, -0.2) is 45.2 Å². The van der Waals surface area contributed by atoms with Gasteiger partial charge in [0.1, 0.15) is 0 Å². The van der Waals surface area contributed by atoms with Crippen molar-refractivity contribution in [1.29, 1.82) is 0 Å². The van der Waals surface area contributed by atoms with Crippen LogP contribution >= 0.6 is 0 Å². The summed E-state index contributed by atoms with van der Waals surface area (Å²) >= 11 is 0. The number of carbonyl (C=O) groups excluding carboxylic acids is 1. The number of nitrogens with zero attached hydrogens (tertiary/aromatic N) is 1. The standard InChI is InChI=1S/C14H15NO.C4H9NO/c1-3-9-15-10-5-7-12-6-4-8-13(11(2)16)14(12)15;1-3-6-4-2-5-1/h3-8H,1,9-10H2,2H3;5H,1-4H2. The van der Waals surface area contributed by atoms with Gasteiger partial charge in [0.25, 0.3) is 0 Å². The molecule has 1 fully saturated rings. The molecule has 0 aromatic heterocycles. The van der Waals surface area contributed by atoms with Crippen LogP contribution in [-0.2, 0) is 4.74 Å². The minimum Gasteiger partial charge on any atom is -0.379 e. The van der Waals surface area contributed by atoms with Gasteiger partial charge in [-0.3, -0.25) is 4.79 Å². The molecule has 0 unspecified atom stereocenters. The molecule has 0 amide bonds. The normalized spacial score (nSPS) is 16.3. The van der Waals surface area contributed by atoms with Gasteiger partial charge in [-0.15, -0.1) is 6.58 Å². The van der Waals surface area contributed by atoms with E-state index in [-0.39, 0.29) is 5.78 Å². The van der Waals surface area contributed by atoms with Crippen molar-refractivity contribution in [2.24, 2.45) is 0 Å². The zero-order chi connectivity index (χ0) is 15.8. The van der Waals surface area contributed by atoms with Crippen molar-refractivity contribution in [2.45, 2.75) is 6.92 Å². The number of ketones is 1. The van der Waals surface area contributed by atoms with E-state index in [4.69, 9.17) is 4.74 Å². The molecule has 1 aromatic carbocycles. The van der Waals surface area contributed by atoms with E-state index in [9.17, 15) is 4.79 Å². The molecule has 0 radical (unpaired) electrons. The molecule has 1 saturated heterocycles. The van der Waals surface area contributed by atoms with Crippen molar-refractivity contribution >= 4 is 17.5 Å². The molecule has 0 spiro atoms. The maximum atomic E-state index is 11.6. The third-order valence-electron chi connectivity index (χ3n) is 3.58. The Balaban J connectivity index is 0.000000246. The van der Waals surface area contributed by atoms with E-state index < -0.39 is 0 Å². The number of rotatable bonds is 3. The van der Waals surface area contributed by atoms with Gasteiger partial charge in [0, 0.05) is 31.7 Å². The first-order valence-corrected chi connectivity index (χ1v) is 7.69. The lowest BCUT2D eigenvalue weighted by atomic mass is 10.00. The molecule has 4 heteroatoms. The number of benzene rings is 1. The van der Waals surface area contributed by atoms with Crippen LogP contribution in [0.1, 0.15) is 22.8 Å². The van der Waals surface area contributed by atoms with Crippen molar-refractivity contribution in [3.63, 3.8) is 0 Å². The van der Waals surface area contributed by atoms with E-state index in [1.807, 2.05) is 24.3 Å². The number of fused-ring (bicyclic) bond motifs is 1. The number of nitrogens with one attached hydrogen (secondary N) is 1. The van der Waals surface area contributed by atoms with Gasteiger partial charge in [-0.2, -0.15) is 0 Å². The minimum atomic E-state index is 0.112. The van der Waals surface area contributed by atoms with Crippen LogP contribution in [0.25, 0.3) is 6.08 Å². The molecule has 2 aliphatic rings. The topological polar surface area (TPSA) is 41.6 Å². The lowest BCUT2D eigenvalue weighted by Crippen LogP contribution is -2.30. The molecule has 0 bridgehead atoms. The van der Waals surface area contributed by atoms with Gasteiger partial charge in [0.05, 0.1) is 18.9 Å². The van der Waals surface area contributed by atoms with E-state index in [1.54, 1.807) is 6.92 Å². The van der Waals surface area contributed by atoms with Crippen LogP contribution in [0.15, 0.2) is 36.9 Å². The highest BCUT2D eigenvalue weighted by Gasteiger charge is 2.17. The van der Waals surface area contributed by atoms with Crippen molar-refractivity contribution in [3.05, 3.63) is 48.1 Å². The van der Waals surface area contributed by atoms with Gasteiger partial charge in [0.15, 0.2) is 5.78 Å². The van der Waals surface area contributed by atoms with Crippen LogP contribution < -0.4 is 10.2 Å². The highest BCUT2D eigenvalue weighted by atomic mass is 16.5. The predicted octanol–water partition coefficient (Wildman–Crippen LogP) is 2.51. The summed E-state index contributed by atoms with van der Waals surface area (Å²) in [5, 5.41) is 3.16. The van der Waals surface area contributed by atoms with E-state index in [1.165, 1.54) is 0 Å². The first kappa shape index (κ1) is 16.5. The Morgan fingerprint density at radius 3 is 2.73 bits per heavy atom. The molecule has 1 N–H and O–H groups in total. The Morgan fingerprint density at radius 2 is 2.18 bits per heavy atom. The molecule has 0 atom stereocenters. The number of Topliss-reactive ketones (excluding diaryl/α,β-unsaturated/α-hetero) is 1. The van der Waals surface area contributed by atoms with Gasteiger partial charge in [-0.05, 0) is 18.6 Å². The first-order valence-electron chi connectivity index (χ1n) is 7.69. The Hall–Kier alpha value is -1.91. The van der Waals surface area contributed by atoms with Crippen molar-refractivity contribution in [3.8, 4) is 0 Å². The van der Waals surface area contributed by atoms with Crippen LogP contribution in [0.2, 0.25) is 0 Å². The molecule has 0 aliphatic carbocycles. The monoisotopic (exact) mass is 300 g/mol. The molecule has 4 nitrogen and oxygen atoms in total. The lowest BCUT2D eigenvalue weighted by Gasteiger charge is -2.28. The highest BCUT2D eigenvalue weighted by Crippen LogP contribution is 2.30. The molecular weight excluding hydrogens is 276 g/mol. The fraction of sp³-hybridized carbons (Fsp3) is 0.389. The van der Waals surface area contributed by atoms with Crippen LogP contribution in [0.5, 0.6) is 0 Å². The number of morpholine rings is 1. The minimum absolute atomic E-state index is 0.112. The fourth-order valence-corrected chi connectivity index (χ4v) is 2.57. The second-order valence-corrected chi connectivity index (χ2v) is 5.26. The number of anilines is 1. The molecule has 22 heavy (non-hydrogen) atoms. The van der Waals surface area contributed by atoms with E-state index in [0.29, 0.717) is 0 Å². The molecule has 3 rings (SSSR count). The quantitative estimate of drug-likeness (QED) is 0.688. The Morgan fingerprint density at radius 1 is 1.41 bits per heavy atom. The predicted molar refractivity (Wildman–Crippen MR) is 91.6 cm³/mol. The molecule has 0 saturated carbocycles. The van der Waals surface area contributed by atoms with Crippen molar-refractivity contribution < 1.29 is 9.53 Å². The third-order valence-corrected chi connectivity index (χ3v) is 3.58. The second kappa shape index (κ2) is 8.51. The summed E-state index contributed by atoms with van der Waals surface area (Å²) in [7, 11) is 0. The summed E-state index contributed by atoms with van der Waals surface area (Å²) in [6, 6.07) is 5.85. The Kier molecular flexibility index (Phi) is 6.37. The fourth-order valence-electron chi connectivity index (χ4n) is 2.57. The van der Waals surface area contributed by atoms with Crippen LogP contribution in [0.3, 0.4) is 0 Å². The van der Waals surface area contributed by atoms with Gasteiger partial charge in [-0.1, -0.05) is 30.4 Å². The maximum Gasteiger partial charge on any atom is 0.161 e. The Bertz CT molecular complexity index is 537. The molecule has 1 aromatic rings. The average molecular weight is 300 g/mol. The number of ether oxygens (including phenoxy) is 1. The van der Waals surface area contributed by atoms with Crippen molar-refractivity contribution in [1.82, 2.24) is 5.32 Å².